The Morgan fingerprint density at radius 3 is 1.71 bits per heavy atom. The van der Waals surface area contributed by atoms with Gasteiger partial charge in [0.1, 0.15) is 0 Å². The SMILES string of the molecule is CCC(C)(CC)CC(c1ccc(S(N)(=O)=O)cc1)C(C)(CC)CC. The van der Waals surface area contributed by atoms with E-state index in [4.69, 9.17) is 5.14 Å². The average Bonchev–Trinajstić information content (AvgIpc) is 2.58. The van der Waals surface area contributed by atoms with E-state index in [0.29, 0.717) is 11.3 Å². The summed E-state index contributed by atoms with van der Waals surface area (Å²) in [5.74, 6) is 0.409. The summed E-state index contributed by atoms with van der Waals surface area (Å²) in [4.78, 5) is 0.188. The Hall–Kier alpha value is -0.870. The van der Waals surface area contributed by atoms with Crippen molar-refractivity contribution in [2.75, 3.05) is 0 Å². The van der Waals surface area contributed by atoms with Crippen LogP contribution < -0.4 is 5.14 Å². The maximum Gasteiger partial charge on any atom is 0.238 e. The summed E-state index contributed by atoms with van der Waals surface area (Å²) in [7, 11) is -3.64. The second kappa shape index (κ2) is 8.01. The molecule has 1 aromatic rings. The molecule has 138 valence electrons. The van der Waals surface area contributed by atoms with Crippen LogP contribution in [0, 0.1) is 10.8 Å². The van der Waals surface area contributed by atoms with E-state index in [0.717, 1.165) is 32.1 Å². The van der Waals surface area contributed by atoms with Crippen molar-refractivity contribution in [3.63, 3.8) is 0 Å². The molecule has 0 bridgehead atoms. The van der Waals surface area contributed by atoms with Crippen LogP contribution in [0.3, 0.4) is 0 Å². The topological polar surface area (TPSA) is 60.2 Å². The molecular weight excluding hydrogens is 318 g/mol. The third-order valence-electron chi connectivity index (χ3n) is 6.47. The lowest BCUT2D eigenvalue weighted by atomic mass is 9.63. The van der Waals surface area contributed by atoms with Gasteiger partial charge in [0, 0.05) is 0 Å². The van der Waals surface area contributed by atoms with Gasteiger partial charge in [0.25, 0.3) is 0 Å². The maximum absolute atomic E-state index is 11.5. The number of benzene rings is 1. The van der Waals surface area contributed by atoms with Gasteiger partial charge in [-0.25, -0.2) is 13.6 Å². The normalized spacial score (nSPS) is 14.6. The Morgan fingerprint density at radius 1 is 0.917 bits per heavy atom. The van der Waals surface area contributed by atoms with E-state index >= 15 is 0 Å². The summed E-state index contributed by atoms with van der Waals surface area (Å²) in [6.45, 7) is 13.8. The third kappa shape index (κ3) is 4.82. The van der Waals surface area contributed by atoms with Crippen LogP contribution in [0.15, 0.2) is 29.2 Å². The Bertz CT molecular complexity index is 612. The first-order chi connectivity index (χ1) is 11.0. The molecular formula is C20H35NO2S. The number of nitrogens with two attached hydrogens (primary N) is 1. The molecule has 2 N–H and O–H groups in total. The molecule has 4 heteroatoms. The molecule has 0 aromatic heterocycles. The van der Waals surface area contributed by atoms with E-state index in [1.807, 2.05) is 12.1 Å². The van der Waals surface area contributed by atoms with Crippen LogP contribution in [0.2, 0.25) is 0 Å². The first-order valence-electron chi connectivity index (χ1n) is 9.18. The predicted octanol–water partition coefficient (Wildman–Crippen LogP) is 5.46. The molecule has 0 radical (unpaired) electrons. The van der Waals surface area contributed by atoms with E-state index < -0.39 is 10.0 Å². The van der Waals surface area contributed by atoms with Crippen LogP contribution in [0.1, 0.15) is 85.1 Å². The monoisotopic (exact) mass is 353 g/mol. The van der Waals surface area contributed by atoms with E-state index in [9.17, 15) is 8.42 Å². The van der Waals surface area contributed by atoms with Crippen molar-refractivity contribution in [2.45, 2.75) is 84.5 Å². The molecule has 0 fully saturated rings. The highest BCUT2D eigenvalue weighted by atomic mass is 32.2. The van der Waals surface area contributed by atoms with E-state index in [1.54, 1.807) is 12.1 Å². The van der Waals surface area contributed by atoms with Gasteiger partial charge in [-0.3, -0.25) is 0 Å². The van der Waals surface area contributed by atoms with E-state index in [1.165, 1.54) is 5.56 Å². The number of rotatable bonds is 9. The highest BCUT2D eigenvalue weighted by Crippen LogP contribution is 2.49. The van der Waals surface area contributed by atoms with Gasteiger partial charge in [-0.05, 0) is 40.9 Å². The van der Waals surface area contributed by atoms with Gasteiger partial charge in [-0.15, -0.1) is 0 Å². The molecule has 24 heavy (non-hydrogen) atoms. The zero-order chi connectivity index (χ0) is 18.6. The van der Waals surface area contributed by atoms with Crippen molar-refractivity contribution in [1.82, 2.24) is 0 Å². The fraction of sp³-hybridized carbons (Fsp3) is 0.700. The lowest BCUT2D eigenvalue weighted by Gasteiger charge is -2.42. The summed E-state index contributed by atoms with van der Waals surface area (Å²) < 4.78 is 23.0. The second-order valence-corrected chi connectivity index (χ2v) is 9.31. The molecule has 1 aromatic carbocycles. The number of hydrogen-bond donors (Lipinski definition) is 1. The minimum absolute atomic E-state index is 0.188. The molecule has 1 unspecified atom stereocenters. The molecule has 0 spiro atoms. The van der Waals surface area contributed by atoms with Gasteiger partial charge in [-0.2, -0.15) is 0 Å². The molecule has 0 saturated carbocycles. The van der Waals surface area contributed by atoms with Crippen LogP contribution in [0.4, 0.5) is 0 Å². The van der Waals surface area contributed by atoms with Crippen LogP contribution in [0.25, 0.3) is 0 Å². The Labute approximate surface area is 149 Å². The van der Waals surface area contributed by atoms with Crippen LogP contribution in [-0.4, -0.2) is 8.42 Å². The van der Waals surface area contributed by atoms with Crippen molar-refractivity contribution in [1.29, 1.82) is 0 Å². The van der Waals surface area contributed by atoms with Crippen molar-refractivity contribution >= 4 is 10.0 Å². The summed E-state index contributed by atoms with van der Waals surface area (Å²) in [5.41, 5.74) is 1.73. The first-order valence-corrected chi connectivity index (χ1v) is 10.7. The smallest absolute Gasteiger partial charge is 0.225 e. The molecule has 3 nitrogen and oxygen atoms in total. The minimum atomic E-state index is -3.64. The molecule has 1 atom stereocenters. The molecule has 0 amide bonds. The maximum atomic E-state index is 11.5. The number of hydrogen-bond acceptors (Lipinski definition) is 2. The van der Waals surface area contributed by atoms with Gasteiger partial charge in [-0.1, -0.05) is 79.4 Å². The van der Waals surface area contributed by atoms with Gasteiger partial charge >= 0.3 is 0 Å². The Kier molecular flexibility index (Phi) is 7.06. The number of primary sulfonamides is 1. The fourth-order valence-corrected chi connectivity index (χ4v) is 3.95. The average molecular weight is 354 g/mol. The van der Waals surface area contributed by atoms with Gasteiger partial charge < -0.3 is 0 Å². The molecule has 1 rings (SSSR count). The molecule has 0 aliphatic heterocycles. The van der Waals surface area contributed by atoms with E-state index in [2.05, 4.69) is 41.5 Å². The highest BCUT2D eigenvalue weighted by Gasteiger charge is 2.36. The standard InChI is InChI=1S/C20H35NO2S/c1-7-19(5,8-2)15-18(20(6,9-3)10-4)16-11-13-17(14-12-16)24(21,22)23/h11-14,18H,7-10,15H2,1-6H3,(H2,21,22,23). The molecule has 0 aliphatic carbocycles. The largest absolute Gasteiger partial charge is 0.238 e. The summed E-state index contributed by atoms with van der Waals surface area (Å²) in [6.07, 6.45) is 5.63. The van der Waals surface area contributed by atoms with Gasteiger partial charge in [0.05, 0.1) is 4.90 Å². The van der Waals surface area contributed by atoms with Crippen LogP contribution in [-0.2, 0) is 10.0 Å². The quantitative estimate of drug-likeness (QED) is 0.640. The molecule has 0 aliphatic rings. The van der Waals surface area contributed by atoms with Crippen molar-refractivity contribution < 1.29 is 8.42 Å². The first kappa shape index (κ1) is 21.2. The second-order valence-electron chi connectivity index (χ2n) is 7.75. The minimum Gasteiger partial charge on any atom is -0.225 e. The number of sulfonamides is 1. The Balaban J connectivity index is 3.32. The zero-order valence-electron chi connectivity index (χ0n) is 16.2. The predicted molar refractivity (Wildman–Crippen MR) is 103 cm³/mol. The summed E-state index contributed by atoms with van der Waals surface area (Å²) in [6, 6.07) is 7.22. The van der Waals surface area contributed by atoms with Crippen molar-refractivity contribution in [3.8, 4) is 0 Å². The van der Waals surface area contributed by atoms with E-state index in [-0.39, 0.29) is 10.3 Å². The van der Waals surface area contributed by atoms with Gasteiger partial charge in [0.2, 0.25) is 10.0 Å². The Morgan fingerprint density at radius 2 is 1.38 bits per heavy atom. The lowest BCUT2D eigenvalue weighted by molar-refractivity contribution is 0.150. The van der Waals surface area contributed by atoms with Crippen molar-refractivity contribution in [3.05, 3.63) is 29.8 Å². The van der Waals surface area contributed by atoms with Crippen LogP contribution >= 0.6 is 0 Å². The molecule has 0 heterocycles. The van der Waals surface area contributed by atoms with Crippen molar-refractivity contribution in [2.24, 2.45) is 16.0 Å². The summed E-state index contributed by atoms with van der Waals surface area (Å²) >= 11 is 0. The fourth-order valence-electron chi connectivity index (χ4n) is 3.43. The van der Waals surface area contributed by atoms with Crippen LogP contribution in [0.5, 0.6) is 0 Å². The molecule has 0 saturated heterocycles. The zero-order valence-corrected chi connectivity index (χ0v) is 17.0. The lowest BCUT2D eigenvalue weighted by Crippen LogP contribution is -2.30. The summed E-state index contributed by atoms with van der Waals surface area (Å²) in [5, 5.41) is 5.24. The highest BCUT2D eigenvalue weighted by molar-refractivity contribution is 7.89. The van der Waals surface area contributed by atoms with Gasteiger partial charge in [0.15, 0.2) is 0 Å². The third-order valence-corrected chi connectivity index (χ3v) is 7.40.